The second-order valence-corrected chi connectivity index (χ2v) is 5.78. The van der Waals surface area contributed by atoms with Crippen LogP contribution in [-0.4, -0.2) is 39.2 Å². The van der Waals surface area contributed by atoms with Gasteiger partial charge >= 0.3 is 0 Å². The Morgan fingerprint density at radius 2 is 2.16 bits per heavy atom. The average molecular weight is 281 g/mol. The van der Waals surface area contributed by atoms with Crippen LogP contribution in [0.5, 0.6) is 0 Å². The summed E-state index contributed by atoms with van der Waals surface area (Å²) >= 11 is 1.97. The van der Waals surface area contributed by atoms with Crippen LogP contribution in [0.15, 0.2) is 29.2 Å². The van der Waals surface area contributed by atoms with Crippen LogP contribution in [0.1, 0.15) is 24.4 Å². The number of ether oxygens (including phenoxy) is 2. The summed E-state index contributed by atoms with van der Waals surface area (Å²) in [5.41, 5.74) is 1.46. The van der Waals surface area contributed by atoms with Crippen LogP contribution in [0.3, 0.4) is 0 Å². The van der Waals surface area contributed by atoms with Gasteiger partial charge in [0, 0.05) is 24.7 Å². The fourth-order valence-electron chi connectivity index (χ4n) is 2.25. The van der Waals surface area contributed by atoms with E-state index >= 15 is 0 Å². The number of methoxy groups -OCH3 is 1. The van der Waals surface area contributed by atoms with Gasteiger partial charge in [-0.2, -0.15) is 0 Å². The molecule has 106 valence electrons. The number of thioether (sulfide) groups is 1. The third-order valence-corrected chi connectivity index (χ3v) is 4.37. The fraction of sp³-hybridized carbons (Fsp3) is 0.600. The minimum atomic E-state index is 0.511. The molecule has 0 aliphatic carbocycles. The Hall–Kier alpha value is -0.550. The SMILES string of the molecule is COCCOCCCNC1CCSc2ccccc21. The van der Waals surface area contributed by atoms with Crippen LogP contribution in [-0.2, 0) is 9.47 Å². The molecule has 4 heteroatoms. The van der Waals surface area contributed by atoms with Crippen LogP contribution in [0.4, 0.5) is 0 Å². The number of benzene rings is 1. The minimum Gasteiger partial charge on any atom is -0.382 e. The predicted molar refractivity (Wildman–Crippen MR) is 79.8 cm³/mol. The van der Waals surface area contributed by atoms with E-state index in [1.54, 1.807) is 7.11 Å². The zero-order chi connectivity index (χ0) is 13.3. The minimum absolute atomic E-state index is 0.511. The van der Waals surface area contributed by atoms with E-state index in [1.165, 1.54) is 22.6 Å². The highest BCUT2D eigenvalue weighted by atomic mass is 32.2. The summed E-state index contributed by atoms with van der Waals surface area (Å²) in [6, 6.07) is 9.23. The van der Waals surface area contributed by atoms with Crippen molar-refractivity contribution < 1.29 is 9.47 Å². The standard InChI is InChI=1S/C15H23NO2S/c1-17-10-11-18-9-4-8-16-14-7-12-19-15-6-3-2-5-13(14)15/h2-3,5-6,14,16H,4,7-12H2,1H3. The van der Waals surface area contributed by atoms with Crippen molar-refractivity contribution in [2.24, 2.45) is 0 Å². The van der Waals surface area contributed by atoms with Gasteiger partial charge in [0.2, 0.25) is 0 Å². The quantitative estimate of drug-likeness (QED) is 0.742. The van der Waals surface area contributed by atoms with Gasteiger partial charge in [-0.05, 0) is 36.8 Å². The van der Waals surface area contributed by atoms with Crippen LogP contribution in [0, 0.1) is 0 Å². The molecule has 0 fully saturated rings. The van der Waals surface area contributed by atoms with Gasteiger partial charge in [-0.15, -0.1) is 11.8 Å². The first-order valence-corrected chi connectivity index (χ1v) is 7.92. The van der Waals surface area contributed by atoms with Gasteiger partial charge in [0.1, 0.15) is 0 Å². The van der Waals surface area contributed by atoms with E-state index in [-0.39, 0.29) is 0 Å². The lowest BCUT2D eigenvalue weighted by atomic mass is 10.0. The molecule has 0 radical (unpaired) electrons. The van der Waals surface area contributed by atoms with E-state index in [2.05, 4.69) is 29.6 Å². The molecule has 1 atom stereocenters. The van der Waals surface area contributed by atoms with E-state index in [1.807, 2.05) is 11.8 Å². The molecule has 1 aliphatic rings. The fourth-order valence-corrected chi connectivity index (χ4v) is 3.37. The highest BCUT2D eigenvalue weighted by molar-refractivity contribution is 7.99. The lowest BCUT2D eigenvalue weighted by Crippen LogP contribution is -2.26. The maximum Gasteiger partial charge on any atom is 0.0700 e. The first-order valence-electron chi connectivity index (χ1n) is 6.93. The maximum atomic E-state index is 5.46. The Kier molecular flexibility index (Phi) is 6.71. The highest BCUT2D eigenvalue weighted by Gasteiger charge is 2.19. The van der Waals surface area contributed by atoms with Gasteiger partial charge in [0.25, 0.3) is 0 Å². The zero-order valence-electron chi connectivity index (χ0n) is 11.6. The number of hydrogen-bond donors (Lipinski definition) is 1. The Morgan fingerprint density at radius 1 is 1.26 bits per heavy atom. The predicted octanol–water partition coefficient (Wildman–Crippen LogP) is 2.87. The molecular formula is C15H23NO2S. The lowest BCUT2D eigenvalue weighted by Gasteiger charge is -2.26. The molecule has 19 heavy (non-hydrogen) atoms. The molecule has 0 aromatic heterocycles. The van der Waals surface area contributed by atoms with Crippen molar-refractivity contribution in [2.75, 3.05) is 39.2 Å². The third kappa shape index (κ3) is 4.80. The molecule has 1 heterocycles. The summed E-state index contributed by atoms with van der Waals surface area (Å²) in [7, 11) is 1.70. The maximum absolute atomic E-state index is 5.46. The summed E-state index contributed by atoms with van der Waals surface area (Å²) in [5, 5.41) is 3.64. The van der Waals surface area contributed by atoms with Crippen molar-refractivity contribution in [3.8, 4) is 0 Å². The van der Waals surface area contributed by atoms with Crippen LogP contribution >= 0.6 is 11.8 Å². The highest BCUT2D eigenvalue weighted by Crippen LogP contribution is 2.35. The monoisotopic (exact) mass is 281 g/mol. The van der Waals surface area contributed by atoms with Gasteiger partial charge in [-0.25, -0.2) is 0 Å². The largest absolute Gasteiger partial charge is 0.382 e. The van der Waals surface area contributed by atoms with E-state index in [4.69, 9.17) is 9.47 Å². The van der Waals surface area contributed by atoms with Crippen molar-refractivity contribution in [1.29, 1.82) is 0 Å². The third-order valence-electron chi connectivity index (χ3n) is 3.25. The number of rotatable bonds is 8. The summed E-state index contributed by atoms with van der Waals surface area (Å²) in [6.07, 6.45) is 2.27. The Balaban J connectivity index is 1.67. The molecule has 0 spiro atoms. The molecule has 0 saturated heterocycles. The Morgan fingerprint density at radius 3 is 3.05 bits per heavy atom. The van der Waals surface area contributed by atoms with Crippen LogP contribution < -0.4 is 5.32 Å². The van der Waals surface area contributed by atoms with Crippen molar-refractivity contribution >= 4 is 11.8 Å². The van der Waals surface area contributed by atoms with Gasteiger partial charge in [0.05, 0.1) is 13.2 Å². The second kappa shape index (κ2) is 8.59. The van der Waals surface area contributed by atoms with Gasteiger partial charge in [-0.3, -0.25) is 0 Å². The van der Waals surface area contributed by atoms with E-state index in [0.717, 1.165) is 19.6 Å². The summed E-state index contributed by atoms with van der Waals surface area (Å²) in [5.74, 6) is 1.21. The Labute approximate surface area is 120 Å². The molecule has 1 aliphatic heterocycles. The van der Waals surface area contributed by atoms with Crippen LogP contribution in [0.25, 0.3) is 0 Å². The van der Waals surface area contributed by atoms with E-state index in [0.29, 0.717) is 19.3 Å². The zero-order valence-corrected chi connectivity index (χ0v) is 12.4. The van der Waals surface area contributed by atoms with Crippen molar-refractivity contribution in [1.82, 2.24) is 5.32 Å². The number of nitrogens with one attached hydrogen (secondary N) is 1. The van der Waals surface area contributed by atoms with Crippen molar-refractivity contribution in [3.05, 3.63) is 29.8 Å². The van der Waals surface area contributed by atoms with E-state index in [9.17, 15) is 0 Å². The molecule has 3 nitrogen and oxygen atoms in total. The molecule has 1 aromatic carbocycles. The number of hydrogen-bond acceptors (Lipinski definition) is 4. The van der Waals surface area contributed by atoms with Gasteiger partial charge < -0.3 is 14.8 Å². The summed E-state index contributed by atoms with van der Waals surface area (Å²) < 4.78 is 10.4. The molecule has 0 bridgehead atoms. The smallest absolute Gasteiger partial charge is 0.0700 e. The van der Waals surface area contributed by atoms with Crippen molar-refractivity contribution in [2.45, 2.75) is 23.8 Å². The number of fused-ring (bicyclic) bond motifs is 1. The first-order chi connectivity index (χ1) is 9.42. The topological polar surface area (TPSA) is 30.5 Å². The summed E-state index contributed by atoms with van der Waals surface area (Å²) in [4.78, 5) is 1.43. The van der Waals surface area contributed by atoms with Crippen LogP contribution in [0.2, 0.25) is 0 Å². The van der Waals surface area contributed by atoms with Crippen molar-refractivity contribution in [3.63, 3.8) is 0 Å². The first kappa shape index (κ1) is 14.9. The molecule has 0 saturated carbocycles. The Bertz CT molecular complexity index is 373. The van der Waals surface area contributed by atoms with Gasteiger partial charge in [0.15, 0.2) is 0 Å². The average Bonchev–Trinajstić information content (AvgIpc) is 2.46. The van der Waals surface area contributed by atoms with E-state index < -0.39 is 0 Å². The molecule has 1 unspecified atom stereocenters. The second-order valence-electron chi connectivity index (χ2n) is 4.64. The summed E-state index contributed by atoms with van der Waals surface area (Å²) in [6.45, 7) is 3.19. The molecular weight excluding hydrogens is 258 g/mol. The molecule has 1 aromatic rings. The lowest BCUT2D eigenvalue weighted by molar-refractivity contribution is 0.0692. The molecule has 1 N–H and O–H groups in total. The molecule has 0 amide bonds. The normalized spacial score (nSPS) is 18.3. The van der Waals surface area contributed by atoms with Gasteiger partial charge in [-0.1, -0.05) is 18.2 Å². The molecule has 2 rings (SSSR count).